The highest BCUT2D eigenvalue weighted by Gasteiger charge is 2.09. The van der Waals surface area contributed by atoms with Crippen molar-refractivity contribution in [3.63, 3.8) is 0 Å². The van der Waals surface area contributed by atoms with Gasteiger partial charge in [-0.15, -0.1) is 0 Å². The van der Waals surface area contributed by atoms with Gasteiger partial charge in [-0.3, -0.25) is 4.68 Å². The maximum atomic E-state index is 10.1. The third-order valence-corrected chi connectivity index (χ3v) is 2.50. The Labute approximate surface area is 91.2 Å². The number of hydrogen-bond acceptors (Lipinski definition) is 3. The molecule has 0 aliphatic rings. The molecule has 0 spiro atoms. The highest BCUT2D eigenvalue weighted by molar-refractivity contribution is 6.34. The van der Waals surface area contributed by atoms with Gasteiger partial charge in [0.25, 0.3) is 0 Å². The second-order valence-electron chi connectivity index (χ2n) is 3.14. The highest BCUT2D eigenvalue weighted by atomic mass is 35.5. The zero-order valence-electron chi connectivity index (χ0n) is 8.07. The summed E-state index contributed by atoms with van der Waals surface area (Å²) in [5, 5.41) is 5.44. The molecule has 76 valence electrons. The van der Waals surface area contributed by atoms with E-state index in [1.165, 1.54) is 6.08 Å². The summed E-state index contributed by atoms with van der Waals surface area (Å²) in [6, 6.07) is 5.64. The second kappa shape index (κ2) is 3.85. The Bertz CT molecular complexity index is 555. The Morgan fingerprint density at radius 2 is 2.40 bits per heavy atom. The Kier molecular flexibility index (Phi) is 2.54. The lowest BCUT2D eigenvalue weighted by Crippen LogP contribution is -1.93. The lowest BCUT2D eigenvalue weighted by molar-refractivity contribution is 0.563. The first kappa shape index (κ1) is 9.90. The number of carbonyl (C=O) groups excluding carboxylic acids is 1. The van der Waals surface area contributed by atoms with Gasteiger partial charge in [0.1, 0.15) is 0 Å². The minimum absolute atomic E-state index is 0.302. The first-order chi connectivity index (χ1) is 7.24. The number of fused-ring (bicyclic) bond motifs is 1. The molecular weight excluding hydrogens is 214 g/mol. The number of para-hydroxylation sites is 1. The zero-order valence-corrected chi connectivity index (χ0v) is 8.82. The van der Waals surface area contributed by atoms with Gasteiger partial charge in [-0.1, -0.05) is 23.7 Å². The zero-order chi connectivity index (χ0) is 10.8. The van der Waals surface area contributed by atoms with Crippen LogP contribution in [0.4, 0.5) is 0 Å². The average molecular weight is 222 g/mol. The summed E-state index contributed by atoms with van der Waals surface area (Å²) in [5.74, 6) is 0. The number of aryl methyl sites for hydroxylation is 1. The number of isocyanates is 1. The minimum atomic E-state index is 0.302. The molecule has 0 saturated heterocycles. The second-order valence-corrected chi connectivity index (χ2v) is 3.49. The fourth-order valence-electron chi connectivity index (χ4n) is 1.62. The Morgan fingerprint density at radius 3 is 3.13 bits per heavy atom. The van der Waals surface area contributed by atoms with Crippen LogP contribution in [0.25, 0.3) is 10.9 Å². The third kappa shape index (κ3) is 1.65. The van der Waals surface area contributed by atoms with E-state index < -0.39 is 0 Å². The minimum Gasteiger partial charge on any atom is -0.266 e. The van der Waals surface area contributed by atoms with Crippen LogP contribution in [0.5, 0.6) is 0 Å². The summed E-state index contributed by atoms with van der Waals surface area (Å²) >= 11 is 5.94. The van der Waals surface area contributed by atoms with E-state index in [2.05, 4.69) is 10.1 Å². The molecule has 4 nitrogen and oxygen atoms in total. The molecule has 0 atom stereocenters. The summed E-state index contributed by atoms with van der Waals surface area (Å²) < 4.78 is 1.69. The molecule has 0 unspecified atom stereocenters. The van der Waals surface area contributed by atoms with Crippen LogP contribution in [-0.4, -0.2) is 15.9 Å². The van der Waals surface area contributed by atoms with Gasteiger partial charge in [-0.25, -0.2) is 9.79 Å². The van der Waals surface area contributed by atoms with Crippen molar-refractivity contribution in [2.45, 2.75) is 6.54 Å². The molecule has 0 aliphatic heterocycles. The van der Waals surface area contributed by atoms with Crippen LogP contribution in [0, 0.1) is 0 Å². The summed E-state index contributed by atoms with van der Waals surface area (Å²) in [6.45, 7) is 0.302. The number of aromatic nitrogens is 2. The predicted octanol–water partition coefficient (Wildman–Crippen LogP) is 2.06. The molecule has 0 saturated carbocycles. The van der Waals surface area contributed by atoms with Crippen molar-refractivity contribution in [1.82, 2.24) is 9.78 Å². The molecule has 1 heterocycles. The number of halogens is 1. The molecule has 15 heavy (non-hydrogen) atoms. The van der Waals surface area contributed by atoms with E-state index in [0.717, 1.165) is 16.5 Å². The molecule has 0 amide bonds. The van der Waals surface area contributed by atoms with Crippen molar-refractivity contribution >= 4 is 28.6 Å². The average Bonchev–Trinajstić information content (AvgIpc) is 2.53. The van der Waals surface area contributed by atoms with Crippen molar-refractivity contribution in [2.24, 2.45) is 12.0 Å². The maximum absolute atomic E-state index is 10.1. The van der Waals surface area contributed by atoms with Crippen molar-refractivity contribution in [3.05, 3.63) is 28.9 Å². The van der Waals surface area contributed by atoms with Gasteiger partial charge in [0.05, 0.1) is 12.1 Å². The summed E-state index contributed by atoms with van der Waals surface area (Å²) in [4.78, 5) is 13.6. The van der Waals surface area contributed by atoms with Crippen molar-refractivity contribution in [3.8, 4) is 0 Å². The van der Waals surface area contributed by atoms with E-state index in [4.69, 9.17) is 11.6 Å². The van der Waals surface area contributed by atoms with Gasteiger partial charge >= 0.3 is 0 Å². The fraction of sp³-hybridized carbons (Fsp3) is 0.200. The number of aliphatic imine (C=N–C) groups is 1. The normalized spacial score (nSPS) is 10.3. The van der Waals surface area contributed by atoms with Crippen LogP contribution in [0.1, 0.15) is 5.56 Å². The van der Waals surface area contributed by atoms with E-state index >= 15 is 0 Å². The van der Waals surface area contributed by atoms with E-state index in [-0.39, 0.29) is 0 Å². The molecule has 0 fully saturated rings. The van der Waals surface area contributed by atoms with E-state index in [0.29, 0.717) is 11.7 Å². The van der Waals surface area contributed by atoms with Gasteiger partial charge in [0.2, 0.25) is 6.08 Å². The largest absolute Gasteiger partial charge is 0.266 e. The monoisotopic (exact) mass is 221 g/mol. The third-order valence-electron chi connectivity index (χ3n) is 2.22. The lowest BCUT2D eigenvalue weighted by Gasteiger charge is -2.00. The molecular formula is C10H8ClN3O. The van der Waals surface area contributed by atoms with E-state index in [1.807, 2.05) is 25.2 Å². The molecule has 2 aromatic rings. The summed E-state index contributed by atoms with van der Waals surface area (Å²) in [6.07, 6.45) is 1.52. The number of nitrogens with zero attached hydrogens (tertiary/aromatic N) is 3. The SMILES string of the molecule is Cn1nc(Cl)c2cccc(CN=C=O)c21. The first-order valence-electron chi connectivity index (χ1n) is 4.37. The van der Waals surface area contributed by atoms with E-state index in [9.17, 15) is 4.79 Å². The summed E-state index contributed by atoms with van der Waals surface area (Å²) in [7, 11) is 1.81. The topological polar surface area (TPSA) is 47.2 Å². The van der Waals surface area contributed by atoms with Crippen LogP contribution in [0.2, 0.25) is 5.15 Å². The van der Waals surface area contributed by atoms with Crippen molar-refractivity contribution in [2.75, 3.05) is 0 Å². The van der Waals surface area contributed by atoms with Gasteiger partial charge in [0, 0.05) is 18.0 Å². The molecule has 0 N–H and O–H groups in total. The fourth-order valence-corrected chi connectivity index (χ4v) is 1.89. The number of rotatable bonds is 2. The first-order valence-corrected chi connectivity index (χ1v) is 4.75. The van der Waals surface area contributed by atoms with E-state index in [1.54, 1.807) is 4.68 Å². The molecule has 0 radical (unpaired) electrons. The molecule has 1 aromatic heterocycles. The number of benzene rings is 1. The molecule has 1 aromatic carbocycles. The van der Waals surface area contributed by atoms with Gasteiger partial charge < -0.3 is 0 Å². The van der Waals surface area contributed by atoms with Crippen molar-refractivity contribution in [1.29, 1.82) is 0 Å². The Hall–Kier alpha value is -1.64. The molecule has 0 aliphatic carbocycles. The van der Waals surface area contributed by atoms with Gasteiger partial charge in [-0.05, 0) is 6.07 Å². The number of hydrogen-bond donors (Lipinski definition) is 0. The smallest absolute Gasteiger partial charge is 0.235 e. The molecule has 0 bridgehead atoms. The van der Waals surface area contributed by atoms with Crippen LogP contribution in [0.15, 0.2) is 23.2 Å². The van der Waals surface area contributed by atoms with Gasteiger partial charge in [0.15, 0.2) is 5.15 Å². The van der Waals surface area contributed by atoms with Crippen molar-refractivity contribution < 1.29 is 4.79 Å². The van der Waals surface area contributed by atoms with Crippen LogP contribution < -0.4 is 0 Å². The Morgan fingerprint density at radius 1 is 1.60 bits per heavy atom. The van der Waals surface area contributed by atoms with Crippen LogP contribution in [0.3, 0.4) is 0 Å². The summed E-state index contributed by atoms with van der Waals surface area (Å²) in [5.41, 5.74) is 1.82. The van der Waals surface area contributed by atoms with Gasteiger partial charge in [-0.2, -0.15) is 5.10 Å². The standard InChI is InChI=1S/C10H8ClN3O/c1-14-9-7(5-12-6-15)3-2-4-8(9)10(11)13-14/h2-4H,5H2,1H3. The molecule has 5 heteroatoms. The van der Waals surface area contributed by atoms with Crippen LogP contribution >= 0.6 is 11.6 Å². The Balaban J connectivity index is 2.69. The predicted molar refractivity (Wildman–Crippen MR) is 57.5 cm³/mol. The molecule has 2 rings (SSSR count). The van der Waals surface area contributed by atoms with Crippen LogP contribution in [-0.2, 0) is 18.4 Å². The quantitative estimate of drug-likeness (QED) is 0.576. The lowest BCUT2D eigenvalue weighted by atomic mass is 10.1. The maximum Gasteiger partial charge on any atom is 0.235 e. The highest BCUT2D eigenvalue weighted by Crippen LogP contribution is 2.25.